The maximum Gasteiger partial charge on any atom is 0.569 e. The Morgan fingerprint density at radius 3 is 2.04 bits per heavy atom. The van der Waals surface area contributed by atoms with Crippen molar-refractivity contribution in [2.24, 2.45) is 0 Å². The van der Waals surface area contributed by atoms with Crippen molar-refractivity contribution < 1.29 is 19.2 Å². The first-order chi connectivity index (χ1) is 12.3. The molecule has 0 saturated heterocycles. The van der Waals surface area contributed by atoms with Gasteiger partial charge < -0.3 is 19.2 Å². The van der Waals surface area contributed by atoms with Gasteiger partial charge >= 0.3 is 13.7 Å². The van der Waals surface area contributed by atoms with Crippen LogP contribution in [0.4, 0.5) is 0 Å². The lowest BCUT2D eigenvalue weighted by molar-refractivity contribution is 0.251. The van der Waals surface area contributed by atoms with Crippen LogP contribution in [0.15, 0.2) is 66.9 Å². The number of benzene rings is 2. The van der Waals surface area contributed by atoms with Crippen molar-refractivity contribution in [2.75, 3.05) is 0 Å². The zero-order valence-corrected chi connectivity index (χ0v) is 13.4. The van der Waals surface area contributed by atoms with E-state index in [0.717, 1.165) is 11.1 Å². The molecule has 0 aliphatic heterocycles. The molecule has 1 N–H and O–H groups in total. The Hall–Kier alpha value is -3.06. The molecule has 2 aromatic carbocycles. The van der Waals surface area contributed by atoms with Crippen LogP contribution in [0.5, 0.6) is 17.6 Å². The second-order valence-electron chi connectivity index (χ2n) is 5.09. The summed E-state index contributed by atoms with van der Waals surface area (Å²) in [5.41, 5.74) is 1.98. The summed E-state index contributed by atoms with van der Waals surface area (Å²) in [5, 5.41) is 8.86. The van der Waals surface area contributed by atoms with E-state index < -0.39 is 0 Å². The summed E-state index contributed by atoms with van der Waals surface area (Å²) >= 11 is 0. The maximum absolute atomic E-state index is 8.86. The fraction of sp³-hybridized carbons (Fsp3) is 0.111. The lowest BCUT2D eigenvalue weighted by atomic mass is 10.2. The van der Waals surface area contributed by atoms with E-state index in [1.54, 1.807) is 0 Å². The van der Waals surface area contributed by atoms with E-state index in [1.165, 1.54) is 6.20 Å². The minimum absolute atomic E-state index is 0.164. The number of hydrogen-bond acceptors (Lipinski definition) is 6. The van der Waals surface area contributed by atoms with Crippen LogP contribution in [-0.2, 0) is 13.2 Å². The van der Waals surface area contributed by atoms with E-state index >= 15 is 0 Å². The molecule has 1 aromatic heterocycles. The molecule has 0 amide bonds. The minimum atomic E-state index is 0.164. The molecule has 0 atom stereocenters. The van der Waals surface area contributed by atoms with Crippen molar-refractivity contribution in [2.45, 2.75) is 13.2 Å². The molecule has 0 aliphatic rings. The Balaban J connectivity index is 1.70. The molecule has 0 bridgehead atoms. The van der Waals surface area contributed by atoms with Crippen LogP contribution < -0.4 is 14.1 Å². The van der Waals surface area contributed by atoms with E-state index in [9.17, 15) is 0 Å². The van der Waals surface area contributed by atoms with E-state index in [0.29, 0.717) is 20.9 Å². The quantitative estimate of drug-likeness (QED) is 0.638. The van der Waals surface area contributed by atoms with E-state index in [2.05, 4.69) is 9.97 Å². The van der Waals surface area contributed by atoms with Gasteiger partial charge in [0.15, 0.2) is 5.75 Å². The second-order valence-corrected chi connectivity index (χ2v) is 5.09. The van der Waals surface area contributed by atoms with Crippen molar-refractivity contribution in [3.63, 3.8) is 0 Å². The molecule has 0 unspecified atom stereocenters. The van der Waals surface area contributed by atoms with Crippen molar-refractivity contribution in [1.29, 1.82) is 0 Å². The Morgan fingerprint density at radius 1 is 0.840 bits per heavy atom. The van der Waals surface area contributed by atoms with Crippen LogP contribution >= 0.6 is 0 Å². The van der Waals surface area contributed by atoms with Crippen molar-refractivity contribution in [3.05, 3.63) is 78.0 Å². The summed E-state index contributed by atoms with van der Waals surface area (Å²) < 4.78 is 16.2. The molecule has 0 saturated carbocycles. The van der Waals surface area contributed by atoms with Gasteiger partial charge in [-0.3, -0.25) is 0 Å². The summed E-state index contributed by atoms with van der Waals surface area (Å²) in [7, 11) is 0.554. The molecule has 3 aromatic rings. The number of ether oxygens (including phenoxy) is 2. The molecule has 25 heavy (non-hydrogen) atoms. The van der Waals surface area contributed by atoms with Gasteiger partial charge in [-0.05, 0) is 11.1 Å². The average Bonchev–Trinajstić information content (AvgIpc) is 2.68. The van der Waals surface area contributed by atoms with Crippen molar-refractivity contribution in [1.82, 2.24) is 9.97 Å². The lowest BCUT2D eigenvalue weighted by Crippen LogP contribution is -2.07. The molecule has 1 radical (unpaired) electrons. The average molecular weight is 335 g/mol. The minimum Gasteiger partial charge on any atom is -0.533 e. The van der Waals surface area contributed by atoms with Gasteiger partial charge in [0, 0.05) is 0 Å². The molecule has 6 nitrogen and oxygen atoms in total. The smallest absolute Gasteiger partial charge is 0.533 e. The highest BCUT2D eigenvalue weighted by molar-refractivity contribution is 6.17. The molecule has 3 rings (SSSR count). The van der Waals surface area contributed by atoms with E-state index in [-0.39, 0.29) is 17.6 Å². The predicted octanol–water partition coefficient (Wildman–Crippen LogP) is 2.54. The van der Waals surface area contributed by atoms with Gasteiger partial charge in [-0.15, -0.1) is 0 Å². The van der Waals surface area contributed by atoms with Gasteiger partial charge in [0.25, 0.3) is 5.88 Å². The van der Waals surface area contributed by atoms with E-state index in [1.807, 2.05) is 60.7 Å². The molecule has 1 heterocycles. The zero-order chi connectivity index (χ0) is 17.3. The summed E-state index contributed by atoms with van der Waals surface area (Å²) in [6.45, 7) is 0.642. The van der Waals surface area contributed by atoms with Gasteiger partial charge in [0.05, 0.1) is 6.20 Å². The summed E-state index contributed by atoms with van der Waals surface area (Å²) in [6, 6.07) is 19.5. The molecule has 0 aliphatic carbocycles. The Bertz CT molecular complexity index is 788. The maximum atomic E-state index is 8.86. The van der Waals surface area contributed by atoms with Crippen molar-refractivity contribution >= 4 is 7.69 Å². The fourth-order valence-corrected chi connectivity index (χ4v) is 2.10. The summed E-state index contributed by atoms with van der Waals surface area (Å²) in [6.07, 6.45) is 1.39. The van der Waals surface area contributed by atoms with Crippen LogP contribution in [0.1, 0.15) is 11.1 Å². The molecular formula is C18H16BN2O4. The summed E-state index contributed by atoms with van der Waals surface area (Å²) in [4.78, 5) is 8.27. The molecule has 7 heteroatoms. The third kappa shape index (κ3) is 4.96. The highest BCUT2D eigenvalue weighted by atomic mass is 16.5. The third-order valence-electron chi connectivity index (χ3n) is 3.31. The Labute approximate surface area is 146 Å². The Morgan fingerprint density at radius 2 is 1.44 bits per heavy atom. The zero-order valence-electron chi connectivity index (χ0n) is 13.4. The largest absolute Gasteiger partial charge is 0.569 e. The molecule has 0 spiro atoms. The number of rotatable bonds is 8. The van der Waals surface area contributed by atoms with Crippen LogP contribution in [-0.4, -0.2) is 22.7 Å². The number of nitrogens with zero attached hydrogens (tertiary/aromatic N) is 2. The van der Waals surface area contributed by atoms with Gasteiger partial charge in [0.2, 0.25) is 0 Å². The lowest BCUT2D eigenvalue weighted by Gasteiger charge is -2.11. The topological polar surface area (TPSA) is 73.7 Å². The van der Waals surface area contributed by atoms with Gasteiger partial charge in [0.1, 0.15) is 13.2 Å². The van der Waals surface area contributed by atoms with Gasteiger partial charge in [-0.25, -0.2) is 0 Å². The first-order valence-corrected chi connectivity index (χ1v) is 7.68. The molecule has 0 fully saturated rings. The third-order valence-corrected chi connectivity index (χ3v) is 3.31. The van der Waals surface area contributed by atoms with Gasteiger partial charge in [-0.1, -0.05) is 60.7 Å². The monoisotopic (exact) mass is 335 g/mol. The van der Waals surface area contributed by atoms with Crippen LogP contribution in [0.2, 0.25) is 0 Å². The first-order valence-electron chi connectivity index (χ1n) is 7.68. The van der Waals surface area contributed by atoms with Crippen LogP contribution in [0.3, 0.4) is 0 Å². The highest BCUT2D eigenvalue weighted by Gasteiger charge is 2.12. The van der Waals surface area contributed by atoms with Crippen LogP contribution in [0.25, 0.3) is 0 Å². The summed E-state index contributed by atoms with van der Waals surface area (Å²) in [5.74, 6) is 0.387. The predicted molar refractivity (Wildman–Crippen MR) is 92.2 cm³/mol. The van der Waals surface area contributed by atoms with Gasteiger partial charge in [-0.2, -0.15) is 9.97 Å². The first kappa shape index (κ1) is 16.8. The van der Waals surface area contributed by atoms with E-state index in [4.69, 9.17) is 19.2 Å². The number of aromatic nitrogens is 2. The highest BCUT2D eigenvalue weighted by Crippen LogP contribution is 2.26. The number of hydrogen-bond donors (Lipinski definition) is 1. The van der Waals surface area contributed by atoms with Crippen LogP contribution in [0, 0.1) is 0 Å². The normalized spacial score (nSPS) is 10.1. The van der Waals surface area contributed by atoms with Crippen molar-refractivity contribution in [3.8, 4) is 17.6 Å². The SMILES string of the molecule is O[B]Oc1cnc(OCc2ccccc2)nc1OCc1ccccc1. The second kappa shape index (κ2) is 8.70. The Kier molecular flexibility index (Phi) is 5.84. The standard InChI is InChI=1S/C18H16BN2O4/c22-19-25-16-11-20-18(24-13-15-9-5-2-6-10-15)21-17(16)23-12-14-7-3-1-4-8-14/h1-11,22H,12-13H2. The molecular weight excluding hydrogens is 319 g/mol. The fourth-order valence-electron chi connectivity index (χ4n) is 2.10. The molecule has 125 valence electrons.